The summed E-state index contributed by atoms with van der Waals surface area (Å²) < 4.78 is 16.7. The summed E-state index contributed by atoms with van der Waals surface area (Å²) in [6, 6.07) is 61.5. The normalized spacial score (nSPS) is 12.2. The number of aromatic nitrogens is 2. The monoisotopic (exact) mass is 712 g/mol. The van der Waals surface area contributed by atoms with Gasteiger partial charge in [-0.15, -0.1) is 22.7 Å². The van der Waals surface area contributed by atoms with Gasteiger partial charge in [-0.2, -0.15) is 0 Å². The maximum atomic E-state index is 6.70. The Morgan fingerprint density at radius 1 is 0.302 bits per heavy atom. The highest BCUT2D eigenvalue weighted by Gasteiger charge is 2.17. The highest BCUT2D eigenvalue weighted by atomic mass is 32.1. The zero-order valence-corrected chi connectivity index (χ0v) is 29.9. The molecule has 0 spiro atoms. The van der Waals surface area contributed by atoms with Gasteiger partial charge in [0.25, 0.3) is 0 Å². The zero-order valence-electron chi connectivity index (χ0n) is 28.3. The van der Waals surface area contributed by atoms with Gasteiger partial charge in [-0.25, -0.2) is 0 Å². The molecule has 0 aliphatic carbocycles. The second-order valence-corrected chi connectivity index (χ2v) is 15.9. The molecule has 0 saturated carbocycles. The fourth-order valence-corrected chi connectivity index (χ4v) is 10.6. The van der Waals surface area contributed by atoms with Crippen molar-refractivity contribution in [2.45, 2.75) is 0 Å². The van der Waals surface area contributed by atoms with Crippen LogP contribution < -0.4 is 4.74 Å². The van der Waals surface area contributed by atoms with E-state index < -0.39 is 0 Å². The molecule has 0 N–H and O–H groups in total. The predicted octanol–water partition coefficient (Wildman–Crippen LogP) is 14.4. The van der Waals surface area contributed by atoms with Crippen LogP contribution in [0.1, 0.15) is 0 Å². The van der Waals surface area contributed by atoms with Gasteiger partial charge < -0.3 is 13.9 Å². The molecule has 0 bridgehead atoms. The Hall–Kier alpha value is -6.40. The Balaban J connectivity index is 0.970. The third-order valence-corrected chi connectivity index (χ3v) is 13.1. The standard InChI is InChI=1S/C48H28N2OS2/c1-5-13-41-33(9-1)37-27-31(19-21-43(37)49(41)29-17-23-47-39(25-29)35-11-3-7-15-45(35)52-47)51-32-20-22-44-38(28-32)34-10-2-6-14-42(34)50(44)30-18-24-48-40(26-30)36-12-4-8-16-46(36)53-48/h1-28H. The van der Waals surface area contributed by atoms with E-state index in [1.54, 1.807) is 0 Å². The van der Waals surface area contributed by atoms with E-state index in [0.717, 1.165) is 33.9 Å². The molecule has 0 fully saturated rings. The van der Waals surface area contributed by atoms with Gasteiger partial charge in [0, 0.05) is 73.3 Å². The summed E-state index contributed by atoms with van der Waals surface area (Å²) in [6.07, 6.45) is 0. The summed E-state index contributed by atoms with van der Waals surface area (Å²) in [5.41, 5.74) is 7.00. The van der Waals surface area contributed by atoms with Gasteiger partial charge in [-0.1, -0.05) is 72.8 Å². The van der Waals surface area contributed by atoms with Crippen molar-refractivity contribution in [3.8, 4) is 22.9 Å². The van der Waals surface area contributed by atoms with Gasteiger partial charge in [-0.3, -0.25) is 0 Å². The van der Waals surface area contributed by atoms with Crippen LogP contribution in [0.25, 0.3) is 95.3 Å². The van der Waals surface area contributed by atoms with Gasteiger partial charge in [0.1, 0.15) is 11.5 Å². The third kappa shape index (κ3) is 4.32. The van der Waals surface area contributed by atoms with Crippen molar-refractivity contribution in [2.75, 3.05) is 0 Å². The van der Waals surface area contributed by atoms with Crippen LogP contribution in [0.5, 0.6) is 11.5 Å². The average Bonchev–Trinajstić information content (AvgIpc) is 3.95. The maximum absolute atomic E-state index is 6.70. The quantitative estimate of drug-likeness (QED) is 0.178. The van der Waals surface area contributed by atoms with Crippen LogP contribution >= 0.6 is 22.7 Å². The molecule has 12 aromatic rings. The second-order valence-electron chi connectivity index (χ2n) is 13.7. The van der Waals surface area contributed by atoms with Gasteiger partial charge in [0.05, 0.1) is 22.1 Å². The van der Waals surface area contributed by atoms with Crippen molar-refractivity contribution >= 4 is 107 Å². The summed E-state index contributed by atoms with van der Waals surface area (Å²) in [5, 5.41) is 9.96. The number of ether oxygens (including phenoxy) is 1. The lowest BCUT2D eigenvalue weighted by Gasteiger charge is -2.10. The van der Waals surface area contributed by atoms with Crippen LogP contribution in [-0.2, 0) is 0 Å². The van der Waals surface area contributed by atoms with E-state index in [4.69, 9.17) is 4.74 Å². The van der Waals surface area contributed by atoms with E-state index in [9.17, 15) is 0 Å². The van der Waals surface area contributed by atoms with Crippen molar-refractivity contribution in [1.29, 1.82) is 0 Å². The minimum atomic E-state index is 0.817. The fourth-order valence-electron chi connectivity index (χ4n) is 8.43. The van der Waals surface area contributed by atoms with Crippen molar-refractivity contribution < 1.29 is 4.74 Å². The molecular formula is C48H28N2OS2. The maximum Gasteiger partial charge on any atom is 0.128 e. The number of benzene rings is 8. The molecule has 0 amide bonds. The van der Waals surface area contributed by atoms with Gasteiger partial charge in [-0.05, 0) is 97.1 Å². The fraction of sp³-hybridized carbons (Fsp3) is 0. The molecule has 248 valence electrons. The Kier molecular flexibility index (Phi) is 6.09. The molecule has 5 heteroatoms. The largest absolute Gasteiger partial charge is 0.457 e. The van der Waals surface area contributed by atoms with Crippen molar-refractivity contribution in [3.63, 3.8) is 0 Å². The first-order chi connectivity index (χ1) is 26.2. The van der Waals surface area contributed by atoms with Crippen molar-refractivity contribution in [2.24, 2.45) is 0 Å². The first kappa shape index (κ1) is 29.2. The topological polar surface area (TPSA) is 19.1 Å². The zero-order chi connectivity index (χ0) is 34.6. The van der Waals surface area contributed by atoms with Gasteiger partial charge in [0.2, 0.25) is 0 Å². The summed E-state index contributed by atoms with van der Waals surface area (Å²) in [5.74, 6) is 1.63. The van der Waals surface area contributed by atoms with E-state index in [-0.39, 0.29) is 0 Å². The summed E-state index contributed by atoms with van der Waals surface area (Å²) in [4.78, 5) is 0. The Bertz CT molecular complexity index is 3220. The van der Waals surface area contributed by atoms with E-state index in [1.165, 1.54) is 72.9 Å². The molecule has 0 aliphatic rings. The van der Waals surface area contributed by atoms with E-state index in [1.807, 2.05) is 22.7 Å². The number of hydrogen-bond acceptors (Lipinski definition) is 3. The minimum Gasteiger partial charge on any atom is -0.457 e. The minimum absolute atomic E-state index is 0.817. The van der Waals surface area contributed by atoms with E-state index >= 15 is 0 Å². The van der Waals surface area contributed by atoms with Crippen LogP contribution in [0.4, 0.5) is 0 Å². The Labute approximate surface area is 311 Å². The van der Waals surface area contributed by atoms with Crippen LogP contribution in [0.3, 0.4) is 0 Å². The van der Waals surface area contributed by atoms with Crippen LogP contribution in [0.15, 0.2) is 170 Å². The van der Waals surface area contributed by atoms with Gasteiger partial charge in [0.15, 0.2) is 0 Å². The Morgan fingerprint density at radius 2 is 0.698 bits per heavy atom. The number of fused-ring (bicyclic) bond motifs is 12. The summed E-state index contributed by atoms with van der Waals surface area (Å²) >= 11 is 3.71. The highest BCUT2D eigenvalue weighted by Crippen LogP contribution is 2.41. The molecule has 0 aliphatic heterocycles. The molecule has 53 heavy (non-hydrogen) atoms. The van der Waals surface area contributed by atoms with E-state index in [0.29, 0.717) is 0 Å². The smallest absolute Gasteiger partial charge is 0.128 e. The Morgan fingerprint density at radius 3 is 1.19 bits per heavy atom. The van der Waals surface area contributed by atoms with Crippen molar-refractivity contribution in [3.05, 3.63) is 170 Å². The molecule has 0 atom stereocenters. The lowest BCUT2D eigenvalue weighted by atomic mass is 10.1. The van der Waals surface area contributed by atoms with Crippen LogP contribution in [0, 0.1) is 0 Å². The molecule has 12 rings (SSSR count). The molecular weight excluding hydrogens is 685 g/mol. The average molecular weight is 713 g/mol. The lowest BCUT2D eigenvalue weighted by Crippen LogP contribution is -1.94. The molecule has 8 aromatic carbocycles. The molecule has 4 aromatic heterocycles. The molecule has 0 saturated heterocycles. The number of nitrogens with zero attached hydrogens (tertiary/aromatic N) is 2. The predicted molar refractivity (Wildman–Crippen MR) is 227 cm³/mol. The SMILES string of the molecule is c1ccc2c(c1)sc1ccc(-n3c4ccccc4c4cc(Oc5ccc6c(c5)c5ccccc5n6-c5ccc6sc7ccccc7c6c5)ccc43)cc12. The molecule has 0 unspecified atom stereocenters. The second kappa shape index (κ2) is 11.1. The molecule has 4 heterocycles. The number of hydrogen-bond donors (Lipinski definition) is 0. The van der Waals surface area contributed by atoms with E-state index in [2.05, 4.69) is 179 Å². The first-order valence-electron chi connectivity index (χ1n) is 17.8. The van der Waals surface area contributed by atoms with Crippen molar-refractivity contribution in [1.82, 2.24) is 9.13 Å². The van der Waals surface area contributed by atoms with Crippen LogP contribution in [-0.4, -0.2) is 9.13 Å². The van der Waals surface area contributed by atoms with Gasteiger partial charge >= 0.3 is 0 Å². The summed E-state index contributed by atoms with van der Waals surface area (Å²) in [7, 11) is 0. The lowest BCUT2D eigenvalue weighted by molar-refractivity contribution is 0.484. The number of para-hydroxylation sites is 2. The first-order valence-corrected chi connectivity index (χ1v) is 19.5. The number of rotatable bonds is 4. The van der Waals surface area contributed by atoms with Crippen LogP contribution in [0.2, 0.25) is 0 Å². The molecule has 0 radical (unpaired) electrons. The molecule has 3 nitrogen and oxygen atoms in total. The number of thiophene rings is 2. The highest BCUT2D eigenvalue weighted by molar-refractivity contribution is 7.26. The third-order valence-electron chi connectivity index (χ3n) is 10.8. The summed E-state index contributed by atoms with van der Waals surface area (Å²) in [6.45, 7) is 0.